The van der Waals surface area contributed by atoms with E-state index in [-0.39, 0.29) is 0 Å². The third-order valence-corrected chi connectivity index (χ3v) is 3.18. The molecule has 0 spiro atoms. The summed E-state index contributed by atoms with van der Waals surface area (Å²) >= 11 is 0. The van der Waals surface area contributed by atoms with Gasteiger partial charge in [0.05, 0.1) is 0 Å². The summed E-state index contributed by atoms with van der Waals surface area (Å²) in [7, 11) is 2.15. The lowest BCUT2D eigenvalue weighted by atomic mass is 9.95. The van der Waals surface area contributed by atoms with Gasteiger partial charge in [0.1, 0.15) is 0 Å². The van der Waals surface area contributed by atoms with Crippen LogP contribution in [0.3, 0.4) is 0 Å². The van der Waals surface area contributed by atoms with E-state index in [9.17, 15) is 0 Å². The van der Waals surface area contributed by atoms with Crippen LogP contribution in [0, 0.1) is 5.92 Å². The quantitative estimate of drug-likeness (QED) is 0.682. The van der Waals surface area contributed by atoms with Crippen LogP contribution in [0.5, 0.6) is 0 Å². The Kier molecular flexibility index (Phi) is 4.60. The van der Waals surface area contributed by atoms with Gasteiger partial charge in [-0.3, -0.25) is 0 Å². The number of nitrogens with zero attached hydrogens (tertiary/aromatic N) is 1. The van der Waals surface area contributed by atoms with Gasteiger partial charge in [0.25, 0.3) is 0 Å². The van der Waals surface area contributed by atoms with E-state index in [4.69, 9.17) is 0 Å². The first-order valence-electron chi connectivity index (χ1n) is 6.14. The molecular formula is C15H23N. The summed E-state index contributed by atoms with van der Waals surface area (Å²) in [6, 6.07) is 0. The van der Waals surface area contributed by atoms with Crippen LogP contribution in [-0.2, 0) is 0 Å². The van der Waals surface area contributed by atoms with Gasteiger partial charge in [-0.25, -0.2) is 0 Å². The number of likely N-dealkylation sites (tertiary alicyclic amines) is 1. The average Bonchev–Trinajstić information content (AvgIpc) is 2.54. The van der Waals surface area contributed by atoms with E-state index in [1.54, 1.807) is 0 Å². The molecule has 0 N–H and O–H groups in total. The summed E-state index contributed by atoms with van der Waals surface area (Å²) < 4.78 is 0. The van der Waals surface area contributed by atoms with Crippen molar-refractivity contribution in [1.29, 1.82) is 0 Å². The Morgan fingerprint density at radius 3 is 2.50 bits per heavy atom. The van der Waals surface area contributed by atoms with Crippen molar-refractivity contribution in [3.63, 3.8) is 0 Å². The highest BCUT2D eigenvalue weighted by Crippen LogP contribution is 2.41. The number of hydrogen-bond donors (Lipinski definition) is 0. The Morgan fingerprint density at radius 1 is 1.38 bits per heavy atom. The average molecular weight is 217 g/mol. The molecule has 1 saturated heterocycles. The summed E-state index contributed by atoms with van der Waals surface area (Å²) in [5.74, 6) is 0.533. The van der Waals surface area contributed by atoms with Crippen LogP contribution in [-0.4, -0.2) is 11.9 Å². The molecule has 1 aliphatic rings. The predicted octanol–water partition coefficient (Wildman–Crippen LogP) is 4.27. The third kappa shape index (κ3) is 2.13. The summed E-state index contributed by atoms with van der Waals surface area (Å²) in [4.78, 5) is 2.30. The molecule has 0 aromatic carbocycles. The van der Waals surface area contributed by atoms with Crippen molar-refractivity contribution in [3.8, 4) is 0 Å². The van der Waals surface area contributed by atoms with Gasteiger partial charge in [-0.1, -0.05) is 38.7 Å². The molecule has 1 rings (SSSR count). The first-order chi connectivity index (χ1) is 7.71. The minimum absolute atomic E-state index is 0.533. The minimum Gasteiger partial charge on any atom is -0.348 e. The van der Waals surface area contributed by atoms with Crippen molar-refractivity contribution >= 4 is 0 Å². The maximum absolute atomic E-state index is 3.81. The molecule has 1 aliphatic heterocycles. The van der Waals surface area contributed by atoms with Crippen LogP contribution >= 0.6 is 0 Å². The van der Waals surface area contributed by atoms with Crippen LogP contribution in [0.4, 0.5) is 0 Å². The fourth-order valence-corrected chi connectivity index (χ4v) is 2.48. The van der Waals surface area contributed by atoms with Crippen molar-refractivity contribution in [1.82, 2.24) is 4.90 Å². The lowest BCUT2D eigenvalue weighted by molar-refractivity contribution is 0.525. The van der Waals surface area contributed by atoms with E-state index in [0.717, 1.165) is 12.8 Å². The second-order valence-electron chi connectivity index (χ2n) is 4.09. The van der Waals surface area contributed by atoms with Crippen molar-refractivity contribution in [2.75, 3.05) is 7.05 Å². The molecule has 1 nitrogen and oxygen atoms in total. The molecule has 1 fully saturated rings. The monoisotopic (exact) mass is 217 g/mol. The number of likely N-dealkylation sites (N-methyl/N-ethyl adjacent to an activating group) is 1. The summed E-state index contributed by atoms with van der Waals surface area (Å²) in [6.07, 6.45) is 10.8. The summed E-state index contributed by atoms with van der Waals surface area (Å²) in [5.41, 5.74) is 4.19. The minimum atomic E-state index is 0.533. The lowest BCUT2D eigenvalue weighted by Crippen LogP contribution is -2.10. The molecule has 88 valence electrons. The van der Waals surface area contributed by atoms with Crippen molar-refractivity contribution in [3.05, 3.63) is 47.9 Å². The highest BCUT2D eigenvalue weighted by Gasteiger charge is 2.31. The first kappa shape index (κ1) is 12.8. The van der Waals surface area contributed by atoms with Crippen LogP contribution in [0.15, 0.2) is 47.9 Å². The Bertz CT molecular complexity index is 344. The van der Waals surface area contributed by atoms with Crippen molar-refractivity contribution < 1.29 is 0 Å². The zero-order chi connectivity index (χ0) is 12.1. The zero-order valence-electron chi connectivity index (χ0n) is 11.0. The molecule has 0 aromatic rings. The Balaban J connectivity index is 3.23. The molecule has 1 unspecified atom stereocenters. The van der Waals surface area contributed by atoms with Crippen molar-refractivity contribution in [2.45, 2.75) is 33.6 Å². The van der Waals surface area contributed by atoms with Crippen LogP contribution in [0.25, 0.3) is 0 Å². The van der Waals surface area contributed by atoms with E-state index >= 15 is 0 Å². The SMILES string of the molecule is C=C/C=C1\C(CC)C(=C/C)/C(=C\CC)N1C. The molecule has 1 atom stereocenters. The second kappa shape index (κ2) is 5.74. The van der Waals surface area contributed by atoms with E-state index in [1.165, 1.54) is 17.0 Å². The summed E-state index contributed by atoms with van der Waals surface area (Å²) in [6.45, 7) is 10.4. The molecule has 0 aliphatic carbocycles. The molecule has 0 radical (unpaired) electrons. The zero-order valence-corrected chi connectivity index (χ0v) is 11.0. The molecule has 16 heavy (non-hydrogen) atoms. The lowest BCUT2D eigenvalue weighted by Gasteiger charge is -2.16. The van der Waals surface area contributed by atoms with E-state index in [0.29, 0.717) is 5.92 Å². The fourth-order valence-electron chi connectivity index (χ4n) is 2.48. The van der Waals surface area contributed by atoms with Gasteiger partial charge in [0.2, 0.25) is 0 Å². The van der Waals surface area contributed by atoms with Crippen molar-refractivity contribution in [2.24, 2.45) is 5.92 Å². The topological polar surface area (TPSA) is 3.24 Å². The molecule has 1 heteroatoms. The van der Waals surface area contributed by atoms with E-state index in [1.807, 2.05) is 6.08 Å². The van der Waals surface area contributed by atoms with Crippen LogP contribution in [0.2, 0.25) is 0 Å². The maximum Gasteiger partial charge on any atom is 0.0401 e. The number of hydrogen-bond acceptors (Lipinski definition) is 1. The summed E-state index contributed by atoms with van der Waals surface area (Å²) in [5, 5.41) is 0. The van der Waals surface area contributed by atoms with Gasteiger partial charge in [0, 0.05) is 24.4 Å². The van der Waals surface area contributed by atoms with Gasteiger partial charge >= 0.3 is 0 Å². The Labute approximate surface area is 99.8 Å². The second-order valence-corrected chi connectivity index (χ2v) is 4.09. The Hall–Kier alpha value is -1.24. The van der Waals surface area contributed by atoms with Crippen LogP contribution in [0.1, 0.15) is 33.6 Å². The predicted molar refractivity (Wildman–Crippen MR) is 72.0 cm³/mol. The van der Waals surface area contributed by atoms with Gasteiger partial charge in [-0.2, -0.15) is 0 Å². The smallest absolute Gasteiger partial charge is 0.0401 e. The molecule has 0 bridgehead atoms. The van der Waals surface area contributed by atoms with Crippen LogP contribution < -0.4 is 0 Å². The van der Waals surface area contributed by atoms with Gasteiger partial charge in [0.15, 0.2) is 0 Å². The highest BCUT2D eigenvalue weighted by atomic mass is 15.2. The fraction of sp³-hybridized carbons (Fsp3) is 0.467. The highest BCUT2D eigenvalue weighted by molar-refractivity contribution is 5.46. The first-order valence-corrected chi connectivity index (χ1v) is 6.14. The number of rotatable bonds is 3. The van der Waals surface area contributed by atoms with Gasteiger partial charge in [-0.15, -0.1) is 0 Å². The normalized spacial score (nSPS) is 28.4. The standard InChI is InChI=1S/C15H23N/c1-6-10-14-12(8-3)13(9-4)15(11-7-2)16(14)5/h6,9-12H,1,7-8H2,2-5H3/b13-9-,14-10+,15-11+. The molecule has 0 amide bonds. The largest absolute Gasteiger partial charge is 0.348 e. The third-order valence-electron chi connectivity index (χ3n) is 3.18. The number of allylic oxidation sites excluding steroid dienone is 6. The molecule has 0 aromatic heterocycles. The van der Waals surface area contributed by atoms with Gasteiger partial charge < -0.3 is 4.90 Å². The molecule has 0 saturated carbocycles. The van der Waals surface area contributed by atoms with Gasteiger partial charge in [-0.05, 0) is 31.4 Å². The van der Waals surface area contributed by atoms with E-state index < -0.39 is 0 Å². The Morgan fingerprint density at radius 2 is 2.06 bits per heavy atom. The van der Waals surface area contributed by atoms with E-state index in [2.05, 4.69) is 57.5 Å². The molecule has 1 heterocycles. The molecular weight excluding hydrogens is 194 g/mol. The maximum atomic E-state index is 3.81.